The summed E-state index contributed by atoms with van der Waals surface area (Å²) >= 11 is 0. The van der Waals surface area contributed by atoms with E-state index in [-0.39, 0.29) is 0 Å². The van der Waals surface area contributed by atoms with Crippen molar-refractivity contribution in [2.45, 2.75) is 0 Å². The summed E-state index contributed by atoms with van der Waals surface area (Å²) in [4.78, 5) is 4.50. The molecule has 0 amide bonds. The molecule has 0 atom stereocenters. The molecule has 2 heterocycles. The number of furan rings is 1. The third kappa shape index (κ3) is 2.44. The van der Waals surface area contributed by atoms with Gasteiger partial charge in [-0.15, -0.1) is 0 Å². The van der Waals surface area contributed by atoms with Gasteiger partial charge in [0.25, 0.3) is 0 Å². The van der Waals surface area contributed by atoms with E-state index in [0.717, 1.165) is 28.0 Å². The van der Waals surface area contributed by atoms with Gasteiger partial charge in [-0.05, 0) is 42.0 Å². The summed E-state index contributed by atoms with van der Waals surface area (Å²) in [5, 5.41) is 0. The van der Waals surface area contributed by atoms with Crippen molar-refractivity contribution in [1.82, 2.24) is 4.98 Å². The topological polar surface area (TPSA) is 39.2 Å². The van der Waals surface area contributed by atoms with Crippen molar-refractivity contribution in [2.24, 2.45) is 0 Å². The molecule has 0 aliphatic heterocycles. The number of nitrogens with zero attached hydrogens (tertiary/aromatic N) is 1. The van der Waals surface area contributed by atoms with Gasteiger partial charge in [0, 0.05) is 11.6 Å². The zero-order chi connectivity index (χ0) is 14.8. The highest BCUT2D eigenvalue weighted by atomic mass is 16.3. The SMILES string of the molecule is C(=C\c1nc2cc(-c3ccco3)ccc2o1)/c1ccccc1. The minimum Gasteiger partial charge on any atom is -0.464 e. The molecule has 2 aromatic heterocycles. The predicted molar refractivity (Wildman–Crippen MR) is 87.1 cm³/mol. The molecule has 3 nitrogen and oxygen atoms in total. The Morgan fingerprint density at radius 1 is 0.864 bits per heavy atom. The zero-order valence-electron chi connectivity index (χ0n) is 11.8. The van der Waals surface area contributed by atoms with E-state index in [4.69, 9.17) is 8.83 Å². The van der Waals surface area contributed by atoms with Crippen molar-refractivity contribution in [3.8, 4) is 11.3 Å². The molecule has 4 rings (SSSR count). The lowest BCUT2D eigenvalue weighted by Crippen LogP contribution is -1.74. The molecule has 0 spiro atoms. The van der Waals surface area contributed by atoms with Gasteiger partial charge in [0.05, 0.1) is 6.26 Å². The fraction of sp³-hybridized carbons (Fsp3) is 0. The van der Waals surface area contributed by atoms with Crippen LogP contribution in [0.25, 0.3) is 34.6 Å². The van der Waals surface area contributed by atoms with Crippen LogP contribution in [0.2, 0.25) is 0 Å². The van der Waals surface area contributed by atoms with Crippen molar-refractivity contribution in [3.63, 3.8) is 0 Å². The molecule has 2 aromatic carbocycles. The first-order chi connectivity index (χ1) is 10.9. The van der Waals surface area contributed by atoms with Gasteiger partial charge in [-0.3, -0.25) is 0 Å². The van der Waals surface area contributed by atoms with Crippen LogP contribution < -0.4 is 0 Å². The van der Waals surface area contributed by atoms with Crippen LogP contribution in [0.3, 0.4) is 0 Å². The molecule has 0 aliphatic rings. The lowest BCUT2D eigenvalue weighted by atomic mass is 10.1. The zero-order valence-corrected chi connectivity index (χ0v) is 11.8. The summed E-state index contributed by atoms with van der Waals surface area (Å²) in [5.41, 5.74) is 3.69. The van der Waals surface area contributed by atoms with Gasteiger partial charge in [0.1, 0.15) is 11.3 Å². The molecule has 4 aromatic rings. The number of benzene rings is 2. The Bertz CT molecular complexity index is 919. The van der Waals surface area contributed by atoms with E-state index in [1.807, 2.05) is 72.8 Å². The number of aromatic nitrogens is 1. The first-order valence-electron chi connectivity index (χ1n) is 7.06. The standard InChI is InChI=1S/C19H13NO2/c1-2-5-14(6-3-1)8-11-19-20-16-13-15(9-10-18(16)22-19)17-7-4-12-21-17/h1-13H/b11-8+. The average molecular weight is 287 g/mol. The third-order valence-electron chi connectivity index (χ3n) is 3.43. The maximum Gasteiger partial charge on any atom is 0.220 e. The summed E-state index contributed by atoms with van der Waals surface area (Å²) in [7, 11) is 0. The van der Waals surface area contributed by atoms with Crippen molar-refractivity contribution in [2.75, 3.05) is 0 Å². The Morgan fingerprint density at radius 3 is 2.59 bits per heavy atom. The van der Waals surface area contributed by atoms with Crippen LogP contribution in [0.4, 0.5) is 0 Å². The molecule has 22 heavy (non-hydrogen) atoms. The van der Waals surface area contributed by atoms with Crippen LogP contribution >= 0.6 is 0 Å². The van der Waals surface area contributed by atoms with Crippen LogP contribution in [0.1, 0.15) is 11.5 Å². The van der Waals surface area contributed by atoms with Gasteiger partial charge in [-0.1, -0.05) is 30.3 Å². The molecule has 0 saturated heterocycles. The monoisotopic (exact) mass is 287 g/mol. The highest BCUT2D eigenvalue weighted by Crippen LogP contribution is 2.25. The first-order valence-corrected chi connectivity index (χ1v) is 7.06. The highest BCUT2D eigenvalue weighted by Gasteiger charge is 2.07. The smallest absolute Gasteiger partial charge is 0.220 e. The molecule has 0 N–H and O–H groups in total. The van der Waals surface area contributed by atoms with Gasteiger partial charge in [0.2, 0.25) is 5.89 Å². The fourth-order valence-corrected chi connectivity index (χ4v) is 2.34. The van der Waals surface area contributed by atoms with Crippen molar-refractivity contribution in [3.05, 3.63) is 78.4 Å². The third-order valence-corrected chi connectivity index (χ3v) is 3.43. The Balaban J connectivity index is 1.67. The lowest BCUT2D eigenvalue weighted by Gasteiger charge is -1.94. The maximum absolute atomic E-state index is 5.73. The second-order valence-electron chi connectivity index (χ2n) is 4.96. The van der Waals surface area contributed by atoms with E-state index in [1.54, 1.807) is 6.26 Å². The number of rotatable bonds is 3. The summed E-state index contributed by atoms with van der Waals surface area (Å²) in [6, 6.07) is 19.7. The minimum absolute atomic E-state index is 0.593. The predicted octanol–water partition coefficient (Wildman–Crippen LogP) is 5.26. The van der Waals surface area contributed by atoms with E-state index >= 15 is 0 Å². The maximum atomic E-state index is 5.73. The Labute approximate surface area is 127 Å². The van der Waals surface area contributed by atoms with E-state index in [2.05, 4.69) is 4.98 Å². The van der Waals surface area contributed by atoms with Crippen LogP contribution in [-0.4, -0.2) is 4.98 Å². The molecule has 0 unspecified atom stereocenters. The van der Waals surface area contributed by atoms with E-state index < -0.39 is 0 Å². The molecular weight excluding hydrogens is 274 g/mol. The largest absolute Gasteiger partial charge is 0.464 e. The van der Waals surface area contributed by atoms with Crippen LogP contribution in [0, 0.1) is 0 Å². The molecule has 0 radical (unpaired) electrons. The van der Waals surface area contributed by atoms with Crippen LogP contribution in [-0.2, 0) is 0 Å². The second-order valence-corrected chi connectivity index (χ2v) is 4.96. The summed E-state index contributed by atoms with van der Waals surface area (Å²) in [6.07, 6.45) is 5.52. The van der Waals surface area contributed by atoms with Gasteiger partial charge >= 0.3 is 0 Å². The van der Waals surface area contributed by atoms with Crippen LogP contribution in [0.5, 0.6) is 0 Å². The molecule has 106 valence electrons. The molecule has 0 fully saturated rings. The molecule has 0 bridgehead atoms. The van der Waals surface area contributed by atoms with Crippen molar-refractivity contribution < 1.29 is 8.83 Å². The quantitative estimate of drug-likeness (QED) is 0.516. The Hall–Kier alpha value is -3.07. The highest BCUT2D eigenvalue weighted by molar-refractivity contribution is 5.80. The summed E-state index contributed by atoms with van der Waals surface area (Å²) < 4.78 is 11.1. The Kier molecular flexibility index (Phi) is 3.09. The molecular formula is C19H13NO2. The van der Waals surface area contributed by atoms with Crippen molar-refractivity contribution >= 4 is 23.3 Å². The normalized spacial score (nSPS) is 11.5. The van der Waals surface area contributed by atoms with Gasteiger partial charge in [-0.2, -0.15) is 0 Å². The van der Waals surface area contributed by atoms with Crippen LogP contribution in [0.15, 0.2) is 75.8 Å². The average Bonchev–Trinajstić information content (AvgIpc) is 3.22. The minimum atomic E-state index is 0.593. The number of oxazole rings is 1. The fourth-order valence-electron chi connectivity index (χ4n) is 2.34. The first kappa shape index (κ1) is 12.7. The van der Waals surface area contributed by atoms with Gasteiger partial charge in [0.15, 0.2) is 5.58 Å². The van der Waals surface area contributed by atoms with Gasteiger partial charge < -0.3 is 8.83 Å². The molecule has 3 heteroatoms. The lowest BCUT2D eigenvalue weighted by molar-refractivity contribution is 0.582. The molecule has 0 saturated carbocycles. The van der Waals surface area contributed by atoms with E-state index in [9.17, 15) is 0 Å². The van der Waals surface area contributed by atoms with Gasteiger partial charge in [-0.25, -0.2) is 4.98 Å². The number of hydrogen-bond donors (Lipinski definition) is 0. The summed E-state index contributed by atoms with van der Waals surface area (Å²) in [6.45, 7) is 0. The van der Waals surface area contributed by atoms with E-state index in [1.165, 1.54) is 0 Å². The second kappa shape index (κ2) is 5.37. The summed E-state index contributed by atoms with van der Waals surface area (Å²) in [5.74, 6) is 1.42. The van der Waals surface area contributed by atoms with Crippen molar-refractivity contribution in [1.29, 1.82) is 0 Å². The van der Waals surface area contributed by atoms with E-state index in [0.29, 0.717) is 5.89 Å². The molecule has 0 aliphatic carbocycles. The number of hydrogen-bond acceptors (Lipinski definition) is 3. The number of fused-ring (bicyclic) bond motifs is 1. The Morgan fingerprint density at radius 2 is 1.77 bits per heavy atom.